The fraction of sp³-hybridized carbons (Fsp3) is 0.385. The van der Waals surface area contributed by atoms with Gasteiger partial charge in [-0.05, 0) is 12.5 Å². The van der Waals surface area contributed by atoms with Gasteiger partial charge in [-0.25, -0.2) is 0 Å². The van der Waals surface area contributed by atoms with Crippen LogP contribution >= 0.6 is 0 Å². The van der Waals surface area contributed by atoms with E-state index in [1.807, 2.05) is 19.1 Å². The molecule has 0 bridgehead atoms. The third-order valence-electron chi connectivity index (χ3n) is 2.62. The number of carboxylic acids is 1. The van der Waals surface area contributed by atoms with Crippen LogP contribution in [-0.2, 0) is 9.59 Å². The van der Waals surface area contributed by atoms with Gasteiger partial charge in [0.05, 0.1) is 5.92 Å². The van der Waals surface area contributed by atoms with Crippen molar-refractivity contribution >= 4 is 11.9 Å². The molecule has 92 valence electrons. The van der Waals surface area contributed by atoms with Gasteiger partial charge in [0, 0.05) is 20.5 Å². The molecule has 0 saturated carbocycles. The molecule has 1 aromatic rings. The molecule has 0 saturated heterocycles. The number of aliphatic carboxylic acids is 1. The van der Waals surface area contributed by atoms with E-state index in [2.05, 4.69) is 0 Å². The van der Waals surface area contributed by atoms with Gasteiger partial charge in [-0.2, -0.15) is 0 Å². The first-order chi connectivity index (χ1) is 7.91. The van der Waals surface area contributed by atoms with E-state index in [0.717, 1.165) is 5.56 Å². The van der Waals surface area contributed by atoms with E-state index in [0.29, 0.717) is 5.56 Å². The van der Waals surface area contributed by atoms with Crippen molar-refractivity contribution in [1.29, 1.82) is 0 Å². The molecule has 0 aromatic heterocycles. The molecular weight excluding hydrogens is 218 g/mol. The Morgan fingerprint density at radius 1 is 1.35 bits per heavy atom. The summed E-state index contributed by atoms with van der Waals surface area (Å²) in [5.74, 6) is -1.92. The predicted octanol–water partition coefficient (Wildman–Crippen LogP) is 1.64. The SMILES string of the molecule is Cc1cccc(C(CC(=O)N(C)C)C(=O)O)c1. The second kappa shape index (κ2) is 5.48. The minimum Gasteiger partial charge on any atom is -0.481 e. The zero-order chi connectivity index (χ0) is 13.0. The number of benzene rings is 1. The molecule has 0 radical (unpaired) electrons. The second-order valence-electron chi connectivity index (χ2n) is 4.30. The summed E-state index contributed by atoms with van der Waals surface area (Å²) < 4.78 is 0. The molecule has 0 fully saturated rings. The average Bonchev–Trinajstić information content (AvgIpc) is 2.24. The maximum absolute atomic E-state index is 11.6. The van der Waals surface area contributed by atoms with Gasteiger partial charge < -0.3 is 10.0 Å². The molecule has 4 heteroatoms. The first-order valence-corrected chi connectivity index (χ1v) is 5.41. The van der Waals surface area contributed by atoms with Crippen molar-refractivity contribution in [2.24, 2.45) is 0 Å². The first-order valence-electron chi connectivity index (χ1n) is 5.41. The van der Waals surface area contributed by atoms with Crippen LogP contribution in [0, 0.1) is 6.92 Å². The summed E-state index contributed by atoms with van der Waals surface area (Å²) in [6.07, 6.45) is -0.00815. The van der Waals surface area contributed by atoms with Gasteiger partial charge in [0.25, 0.3) is 0 Å². The number of carboxylic acid groups (broad SMARTS) is 1. The van der Waals surface area contributed by atoms with E-state index >= 15 is 0 Å². The highest BCUT2D eigenvalue weighted by molar-refractivity contribution is 5.85. The summed E-state index contributed by atoms with van der Waals surface area (Å²) in [7, 11) is 3.25. The molecule has 0 aliphatic heterocycles. The molecule has 1 amide bonds. The van der Waals surface area contributed by atoms with Crippen LogP contribution in [0.3, 0.4) is 0 Å². The van der Waals surface area contributed by atoms with Crippen molar-refractivity contribution in [2.45, 2.75) is 19.3 Å². The van der Waals surface area contributed by atoms with Crippen LogP contribution in [-0.4, -0.2) is 36.0 Å². The molecule has 17 heavy (non-hydrogen) atoms. The first kappa shape index (κ1) is 13.2. The Kier molecular flexibility index (Phi) is 4.26. The molecule has 1 atom stereocenters. The molecule has 0 heterocycles. The van der Waals surface area contributed by atoms with Crippen molar-refractivity contribution in [3.63, 3.8) is 0 Å². The van der Waals surface area contributed by atoms with Gasteiger partial charge in [-0.3, -0.25) is 9.59 Å². The number of hydrogen-bond acceptors (Lipinski definition) is 2. The Bertz CT molecular complexity index is 426. The fourth-order valence-corrected chi connectivity index (χ4v) is 1.59. The lowest BCUT2D eigenvalue weighted by Gasteiger charge is -2.16. The van der Waals surface area contributed by atoms with Gasteiger partial charge in [0.2, 0.25) is 5.91 Å². The lowest BCUT2D eigenvalue weighted by atomic mass is 9.94. The minimum atomic E-state index is -0.967. The van der Waals surface area contributed by atoms with Crippen LogP contribution in [0.15, 0.2) is 24.3 Å². The molecule has 0 aliphatic carbocycles. The van der Waals surface area contributed by atoms with E-state index in [4.69, 9.17) is 0 Å². The van der Waals surface area contributed by atoms with Crippen LogP contribution in [0.2, 0.25) is 0 Å². The number of aryl methyl sites for hydroxylation is 1. The fourth-order valence-electron chi connectivity index (χ4n) is 1.59. The Labute approximate surface area is 101 Å². The van der Waals surface area contributed by atoms with E-state index in [1.54, 1.807) is 26.2 Å². The zero-order valence-electron chi connectivity index (χ0n) is 10.3. The number of nitrogens with zero attached hydrogens (tertiary/aromatic N) is 1. The molecule has 0 spiro atoms. The maximum Gasteiger partial charge on any atom is 0.311 e. The molecule has 0 aliphatic rings. The summed E-state index contributed by atoms with van der Waals surface area (Å²) >= 11 is 0. The number of carbonyl (C=O) groups excluding carboxylic acids is 1. The molecule has 1 rings (SSSR count). The Hall–Kier alpha value is -1.84. The highest BCUT2D eigenvalue weighted by Crippen LogP contribution is 2.21. The van der Waals surface area contributed by atoms with Crippen molar-refractivity contribution in [1.82, 2.24) is 4.90 Å². The van der Waals surface area contributed by atoms with E-state index < -0.39 is 11.9 Å². The summed E-state index contributed by atoms with van der Waals surface area (Å²) in [6.45, 7) is 1.90. The topological polar surface area (TPSA) is 57.6 Å². The standard InChI is InChI=1S/C13H17NO3/c1-9-5-4-6-10(7-9)11(13(16)17)8-12(15)14(2)3/h4-7,11H,8H2,1-3H3,(H,16,17). The predicted molar refractivity (Wildman–Crippen MR) is 64.9 cm³/mol. The van der Waals surface area contributed by atoms with E-state index in [9.17, 15) is 14.7 Å². The third kappa shape index (κ3) is 3.59. The lowest BCUT2D eigenvalue weighted by Crippen LogP contribution is -2.26. The minimum absolute atomic E-state index is 0.00815. The van der Waals surface area contributed by atoms with Crippen LogP contribution in [0.25, 0.3) is 0 Å². The summed E-state index contributed by atoms with van der Waals surface area (Å²) in [5, 5.41) is 9.18. The molecule has 1 N–H and O–H groups in total. The van der Waals surface area contributed by atoms with Gasteiger partial charge in [0.15, 0.2) is 0 Å². The highest BCUT2D eigenvalue weighted by Gasteiger charge is 2.23. The van der Waals surface area contributed by atoms with Crippen LogP contribution < -0.4 is 0 Å². The Morgan fingerprint density at radius 3 is 2.47 bits per heavy atom. The number of rotatable bonds is 4. The second-order valence-corrected chi connectivity index (χ2v) is 4.30. The smallest absolute Gasteiger partial charge is 0.311 e. The number of carbonyl (C=O) groups is 2. The van der Waals surface area contributed by atoms with Crippen molar-refractivity contribution in [3.8, 4) is 0 Å². The summed E-state index contributed by atoms with van der Waals surface area (Å²) in [5.41, 5.74) is 1.67. The Balaban J connectivity index is 2.94. The Morgan fingerprint density at radius 2 is 2.00 bits per heavy atom. The van der Waals surface area contributed by atoms with Gasteiger partial charge >= 0.3 is 5.97 Å². The van der Waals surface area contributed by atoms with Crippen molar-refractivity contribution in [2.75, 3.05) is 14.1 Å². The highest BCUT2D eigenvalue weighted by atomic mass is 16.4. The molecule has 4 nitrogen and oxygen atoms in total. The van der Waals surface area contributed by atoms with E-state index in [-0.39, 0.29) is 12.3 Å². The molecule has 1 unspecified atom stereocenters. The third-order valence-corrected chi connectivity index (χ3v) is 2.62. The lowest BCUT2D eigenvalue weighted by molar-refractivity contribution is -0.142. The van der Waals surface area contributed by atoms with E-state index in [1.165, 1.54) is 4.90 Å². The van der Waals surface area contributed by atoms with Crippen LogP contribution in [0.5, 0.6) is 0 Å². The average molecular weight is 235 g/mol. The summed E-state index contributed by atoms with van der Waals surface area (Å²) in [4.78, 5) is 24.2. The number of hydrogen-bond donors (Lipinski definition) is 1. The van der Waals surface area contributed by atoms with Crippen molar-refractivity contribution in [3.05, 3.63) is 35.4 Å². The maximum atomic E-state index is 11.6. The monoisotopic (exact) mass is 235 g/mol. The largest absolute Gasteiger partial charge is 0.481 e. The quantitative estimate of drug-likeness (QED) is 0.863. The van der Waals surface area contributed by atoms with Gasteiger partial charge in [-0.15, -0.1) is 0 Å². The van der Waals surface area contributed by atoms with Crippen LogP contribution in [0.4, 0.5) is 0 Å². The normalized spacial score (nSPS) is 11.9. The molecule has 1 aromatic carbocycles. The zero-order valence-corrected chi connectivity index (χ0v) is 10.3. The van der Waals surface area contributed by atoms with Gasteiger partial charge in [-0.1, -0.05) is 29.8 Å². The van der Waals surface area contributed by atoms with Crippen LogP contribution in [0.1, 0.15) is 23.5 Å². The van der Waals surface area contributed by atoms with Gasteiger partial charge in [0.1, 0.15) is 0 Å². The van der Waals surface area contributed by atoms with Crippen molar-refractivity contribution < 1.29 is 14.7 Å². The number of amides is 1. The summed E-state index contributed by atoms with van der Waals surface area (Å²) in [6, 6.07) is 7.26. The molecular formula is C13H17NO3.